The van der Waals surface area contributed by atoms with Crippen LogP contribution in [0.4, 0.5) is 0 Å². The Morgan fingerprint density at radius 2 is 2.05 bits per heavy atom. The highest BCUT2D eigenvalue weighted by atomic mass is 79.9. The Morgan fingerprint density at radius 3 is 2.68 bits per heavy atom. The second kappa shape index (κ2) is 6.86. The van der Waals surface area contributed by atoms with E-state index in [1.165, 1.54) is 0 Å². The van der Waals surface area contributed by atoms with Crippen LogP contribution in [0.2, 0.25) is 0 Å². The van der Waals surface area contributed by atoms with Crippen molar-refractivity contribution >= 4 is 37.8 Å². The van der Waals surface area contributed by atoms with Crippen molar-refractivity contribution in [2.45, 2.75) is 12.8 Å². The van der Waals surface area contributed by atoms with Crippen LogP contribution in [0.15, 0.2) is 27.1 Å². The first-order valence-corrected chi connectivity index (χ1v) is 8.08. The van der Waals surface area contributed by atoms with E-state index < -0.39 is 0 Å². The number of halogens is 2. The number of rotatable bonds is 3. The van der Waals surface area contributed by atoms with E-state index in [9.17, 15) is 4.79 Å². The molecule has 1 N–H and O–H groups in total. The van der Waals surface area contributed by atoms with Gasteiger partial charge in [0.25, 0.3) is 5.91 Å². The predicted octanol–water partition coefficient (Wildman–Crippen LogP) is 3.28. The van der Waals surface area contributed by atoms with E-state index in [1.54, 1.807) is 0 Å². The molecule has 1 fully saturated rings. The maximum absolute atomic E-state index is 12.4. The maximum atomic E-state index is 12.4. The minimum absolute atomic E-state index is 0.0814. The van der Waals surface area contributed by atoms with Crippen molar-refractivity contribution in [3.63, 3.8) is 0 Å². The highest BCUT2D eigenvalue weighted by molar-refractivity contribution is 9.11. The van der Waals surface area contributed by atoms with Gasteiger partial charge in [0.2, 0.25) is 0 Å². The third-order valence-electron chi connectivity index (χ3n) is 3.50. The third kappa shape index (κ3) is 4.04. The van der Waals surface area contributed by atoms with Crippen LogP contribution in [0.1, 0.15) is 23.2 Å². The monoisotopic (exact) mass is 388 g/mol. The first-order chi connectivity index (χ1) is 9.08. The molecular weight excluding hydrogens is 372 g/mol. The van der Waals surface area contributed by atoms with Gasteiger partial charge in [-0.25, -0.2) is 0 Å². The van der Waals surface area contributed by atoms with Gasteiger partial charge in [0, 0.05) is 22.5 Å². The Morgan fingerprint density at radius 1 is 1.37 bits per heavy atom. The van der Waals surface area contributed by atoms with Gasteiger partial charge in [-0.2, -0.15) is 0 Å². The fourth-order valence-corrected chi connectivity index (χ4v) is 3.62. The number of nitrogens with one attached hydrogen (secondary N) is 1. The van der Waals surface area contributed by atoms with Crippen molar-refractivity contribution in [1.82, 2.24) is 10.2 Å². The molecule has 0 radical (unpaired) electrons. The Bertz CT molecular complexity index is 459. The van der Waals surface area contributed by atoms with Crippen LogP contribution in [-0.2, 0) is 0 Å². The van der Waals surface area contributed by atoms with Crippen molar-refractivity contribution in [2.75, 3.05) is 26.7 Å². The Hall–Kier alpha value is -0.390. The summed E-state index contributed by atoms with van der Waals surface area (Å²) >= 11 is 6.85. The summed E-state index contributed by atoms with van der Waals surface area (Å²) in [6, 6.07) is 5.66. The van der Waals surface area contributed by atoms with Crippen molar-refractivity contribution in [1.29, 1.82) is 0 Å². The van der Waals surface area contributed by atoms with Crippen LogP contribution in [-0.4, -0.2) is 37.5 Å². The summed E-state index contributed by atoms with van der Waals surface area (Å²) in [4.78, 5) is 14.3. The van der Waals surface area contributed by atoms with Crippen molar-refractivity contribution in [3.8, 4) is 0 Å². The lowest BCUT2D eigenvalue weighted by Gasteiger charge is -2.27. The number of carbonyl (C=O) groups is 1. The van der Waals surface area contributed by atoms with E-state index in [0.717, 1.165) is 47.0 Å². The molecule has 1 aromatic carbocycles. The normalized spacial score (nSPS) is 16.4. The second-order valence-corrected chi connectivity index (χ2v) is 6.77. The molecule has 1 saturated heterocycles. The predicted molar refractivity (Wildman–Crippen MR) is 84.4 cm³/mol. The van der Waals surface area contributed by atoms with Crippen LogP contribution in [0, 0.1) is 5.92 Å². The second-order valence-electron chi connectivity index (χ2n) is 5.00. The molecule has 5 heteroatoms. The van der Waals surface area contributed by atoms with Crippen LogP contribution in [0.5, 0.6) is 0 Å². The summed E-state index contributed by atoms with van der Waals surface area (Å²) in [7, 11) is 1.89. The van der Waals surface area contributed by atoms with Crippen LogP contribution in [0.25, 0.3) is 0 Å². The summed E-state index contributed by atoms with van der Waals surface area (Å²) in [6.45, 7) is 2.96. The Balaban J connectivity index is 2.01. The van der Waals surface area contributed by atoms with Crippen molar-refractivity contribution in [2.24, 2.45) is 5.92 Å². The van der Waals surface area contributed by atoms with Crippen LogP contribution >= 0.6 is 31.9 Å². The van der Waals surface area contributed by atoms with Crippen LogP contribution < -0.4 is 5.32 Å². The molecule has 0 aromatic heterocycles. The molecule has 1 aliphatic rings. The third-order valence-corrected chi connectivity index (χ3v) is 4.65. The molecule has 0 atom stereocenters. The average Bonchev–Trinajstić information content (AvgIpc) is 2.39. The number of piperidine rings is 1. The van der Waals surface area contributed by atoms with Gasteiger partial charge in [-0.15, -0.1) is 0 Å². The zero-order valence-corrected chi connectivity index (χ0v) is 14.1. The largest absolute Gasteiger partial charge is 0.341 e. The lowest BCUT2D eigenvalue weighted by atomic mass is 9.97. The summed E-state index contributed by atoms with van der Waals surface area (Å²) in [6.07, 6.45) is 2.30. The van der Waals surface area contributed by atoms with E-state index in [1.807, 2.05) is 30.1 Å². The first-order valence-electron chi connectivity index (χ1n) is 6.49. The van der Waals surface area contributed by atoms with Gasteiger partial charge in [-0.05, 0) is 66.0 Å². The smallest absolute Gasteiger partial charge is 0.254 e. The zero-order chi connectivity index (χ0) is 13.8. The standard InChI is InChI=1S/C14H18Br2N2O/c1-18(9-10-4-6-17-7-5-10)14(19)12-3-2-11(15)8-13(12)16/h2-3,8,10,17H,4-7,9H2,1H3. The number of amides is 1. The fourth-order valence-electron chi connectivity index (χ4n) is 2.40. The SMILES string of the molecule is CN(CC1CCNCC1)C(=O)c1ccc(Br)cc1Br. The molecule has 19 heavy (non-hydrogen) atoms. The first kappa shape index (κ1) is 15.0. The highest BCUT2D eigenvalue weighted by Gasteiger charge is 2.20. The van der Waals surface area contributed by atoms with Gasteiger partial charge in [0.1, 0.15) is 0 Å². The molecule has 1 aromatic rings. The lowest BCUT2D eigenvalue weighted by molar-refractivity contribution is 0.0762. The van der Waals surface area contributed by atoms with Crippen LogP contribution in [0.3, 0.4) is 0 Å². The van der Waals surface area contributed by atoms with E-state index in [-0.39, 0.29) is 5.91 Å². The number of nitrogens with zero attached hydrogens (tertiary/aromatic N) is 1. The zero-order valence-electron chi connectivity index (χ0n) is 11.0. The molecule has 0 saturated carbocycles. The Kier molecular flexibility index (Phi) is 5.42. The van der Waals surface area contributed by atoms with Gasteiger partial charge < -0.3 is 10.2 Å². The van der Waals surface area contributed by atoms with Crippen molar-refractivity contribution < 1.29 is 4.79 Å². The van der Waals surface area contributed by atoms with E-state index >= 15 is 0 Å². The molecule has 1 amide bonds. The molecular formula is C14H18Br2N2O. The van der Waals surface area contributed by atoms with Gasteiger partial charge in [-0.1, -0.05) is 15.9 Å². The average molecular weight is 390 g/mol. The molecule has 0 bridgehead atoms. The highest BCUT2D eigenvalue weighted by Crippen LogP contribution is 2.23. The van der Waals surface area contributed by atoms with Gasteiger partial charge >= 0.3 is 0 Å². The molecule has 0 unspecified atom stereocenters. The number of benzene rings is 1. The summed E-state index contributed by atoms with van der Waals surface area (Å²) in [5.74, 6) is 0.697. The summed E-state index contributed by atoms with van der Waals surface area (Å²) in [5, 5.41) is 3.35. The van der Waals surface area contributed by atoms with Gasteiger partial charge in [0.05, 0.1) is 5.56 Å². The summed E-state index contributed by atoms with van der Waals surface area (Å²) in [5.41, 5.74) is 0.722. The van der Waals surface area contributed by atoms with Gasteiger partial charge in [0.15, 0.2) is 0 Å². The Labute approximate surface area is 131 Å². The van der Waals surface area contributed by atoms with E-state index in [4.69, 9.17) is 0 Å². The molecule has 0 aliphatic carbocycles. The quantitative estimate of drug-likeness (QED) is 0.860. The van der Waals surface area contributed by atoms with Crippen molar-refractivity contribution in [3.05, 3.63) is 32.7 Å². The van der Waals surface area contributed by atoms with E-state index in [2.05, 4.69) is 37.2 Å². The maximum Gasteiger partial charge on any atom is 0.254 e. The summed E-state index contributed by atoms with van der Waals surface area (Å²) < 4.78 is 1.81. The molecule has 104 valence electrons. The van der Waals surface area contributed by atoms with Gasteiger partial charge in [-0.3, -0.25) is 4.79 Å². The molecule has 3 nitrogen and oxygen atoms in total. The molecule has 1 heterocycles. The molecule has 1 aliphatic heterocycles. The lowest BCUT2D eigenvalue weighted by Crippen LogP contribution is -2.37. The molecule has 0 spiro atoms. The fraction of sp³-hybridized carbons (Fsp3) is 0.500. The van der Waals surface area contributed by atoms with E-state index in [0.29, 0.717) is 5.92 Å². The minimum atomic E-state index is 0.0814. The number of carbonyl (C=O) groups excluding carboxylic acids is 1. The number of hydrogen-bond acceptors (Lipinski definition) is 2. The minimum Gasteiger partial charge on any atom is -0.341 e. The number of hydrogen-bond donors (Lipinski definition) is 1. The molecule has 2 rings (SSSR count). The topological polar surface area (TPSA) is 32.3 Å².